The van der Waals surface area contributed by atoms with Crippen LogP contribution in [-0.4, -0.2) is 23.7 Å². The largest absolute Gasteiger partial charge is 0.380 e. The molecule has 1 saturated heterocycles. The molecule has 1 aliphatic carbocycles. The highest BCUT2D eigenvalue weighted by Gasteiger charge is 2.40. The van der Waals surface area contributed by atoms with Crippen LogP contribution in [0.25, 0.3) is 0 Å². The van der Waals surface area contributed by atoms with E-state index in [0.717, 1.165) is 18.7 Å². The van der Waals surface area contributed by atoms with E-state index in [-0.39, 0.29) is 10.6 Å². The Kier molecular flexibility index (Phi) is 3.14. The molecule has 2 unspecified atom stereocenters. The van der Waals surface area contributed by atoms with Crippen molar-refractivity contribution >= 4 is 11.4 Å². The van der Waals surface area contributed by atoms with Crippen LogP contribution in [0.1, 0.15) is 24.8 Å². The monoisotopic (exact) mass is 262 g/mol. The fraction of sp³-hybridized carbons (Fsp3) is 0.571. The van der Waals surface area contributed by atoms with E-state index in [9.17, 15) is 10.1 Å². The number of ether oxygens (including phenoxy) is 1. The fourth-order valence-electron chi connectivity index (χ4n) is 2.82. The SMILES string of the molecule is Cc1cc(NC2CCOC2C2CC2)ccc1[N+](=O)[O-]. The predicted octanol–water partition coefficient (Wildman–Crippen LogP) is 2.88. The second-order valence-electron chi connectivity index (χ2n) is 5.47. The van der Waals surface area contributed by atoms with Gasteiger partial charge in [0.25, 0.3) is 5.69 Å². The summed E-state index contributed by atoms with van der Waals surface area (Å²) in [6.45, 7) is 2.58. The first kappa shape index (κ1) is 12.4. The molecule has 0 spiro atoms. The molecule has 102 valence electrons. The van der Waals surface area contributed by atoms with Gasteiger partial charge in [-0.25, -0.2) is 0 Å². The normalized spacial score (nSPS) is 26.4. The lowest BCUT2D eigenvalue weighted by molar-refractivity contribution is -0.385. The minimum absolute atomic E-state index is 0.173. The molecule has 0 bridgehead atoms. The number of nitro groups is 1. The lowest BCUT2D eigenvalue weighted by Crippen LogP contribution is -2.30. The third-order valence-electron chi connectivity index (χ3n) is 3.97. The van der Waals surface area contributed by atoms with Crippen LogP contribution in [0.15, 0.2) is 18.2 Å². The molecule has 2 atom stereocenters. The molecule has 5 heteroatoms. The minimum Gasteiger partial charge on any atom is -0.380 e. The van der Waals surface area contributed by atoms with Gasteiger partial charge < -0.3 is 10.1 Å². The lowest BCUT2D eigenvalue weighted by atomic mass is 10.1. The molecule has 0 aromatic heterocycles. The Balaban J connectivity index is 1.72. The van der Waals surface area contributed by atoms with Crippen LogP contribution in [0.5, 0.6) is 0 Å². The summed E-state index contributed by atoms with van der Waals surface area (Å²) in [7, 11) is 0. The highest BCUT2D eigenvalue weighted by atomic mass is 16.6. The molecule has 0 radical (unpaired) electrons. The van der Waals surface area contributed by atoms with Crippen molar-refractivity contribution in [2.75, 3.05) is 11.9 Å². The van der Waals surface area contributed by atoms with Gasteiger partial charge in [-0.1, -0.05) is 0 Å². The smallest absolute Gasteiger partial charge is 0.272 e. The van der Waals surface area contributed by atoms with Crippen LogP contribution in [0, 0.1) is 23.0 Å². The number of anilines is 1. The Hall–Kier alpha value is -1.62. The molecular weight excluding hydrogens is 244 g/mol. The van der Waals surface area contributed by atoms with E-state index < -0.39 is 0 Å². The predicted molar refractivity (Wildman–Crippen MR) is 72.3 cm³/mol. The molecule has 2 aliphatic rings. The molecule has 1 aromatic carbocycles. The molecule has 0 amide bonds. The minimum atomic E-state index is -0.342. The number of hydrogen-bond donors (Lipinski definition) is 1. The number of benzene rings is 1. The Morgan fingerprint density at radius 3 is 2.79 bits per heavy atom. The first-order valence-electron chi connectivity index (χ1n) is 6.78. The Labute approximate surface area is 112 Å². The van der Waals surface area contributed by atoms with Gasteiger partial charge in [-0.2, -0.15) is 0 Å². The molecule has 5 nitrogen and oxygen atoms in total. The van der Waals surface area contributed by atoms with Crippen molar-refractivity contribution in [3.05, 3.63) is 33.9 Å². The Morgan fingerprint density at radius 1 is 1.37 bits per heavy atom. The van der Waals surface area contributed by atoms with Crippen molar-refractivity contribution in [1.29, 1.82) is 0 Å². The Morgan fingerprint density at radius 2 is 2.16 bits per heavy atom. The van der Waals surface area contributed by atoms with Crippen molar-refractivity contribution in [1.82, 2.24) is 0 Å². The van der Waals surface area contributed by atoms with Gasteiger partial charge in [0.05, 0.1) is 17.1 Å². The van der Waals surface area contributed by atoms with Crippen molar-refractivity contribution in [3.8, 4) is 0 Å². The van der Waals surface area contributed by atoms with Crippen molar-refractivity contribution in [3.63, 3.8) is 0 Å². The summed E-state index contributed by atoms with van der Waals surface area (Å²) >= 11 is 0. The first-order chi connectivity index (χ1) is 9.15. The van der Waals surface area contributed by atoms with Crippen LogP contribution in [0.2, 0.25) is 0 Å². The maximum atomic E-state index is 10.8. The summed E-state index contributed by atoms with van der Waals surface area (Å²) in [5.74, 6) is 0.708. The second-order valence-corrected chi connectivity index (χ2v) is 5.47. The maximum Gasteiger partial charge on any atom is 0.272 e. The first-order valence-corrected chi connectivity index (χ1v) is 6.78. The van der Waals surface area contributed by atoms with Gasteiger partial charge in [0.15, 0.2) is 0 Å². The molecule has 1 aliphatic heterocycles. The van der Waals surface area contributed by atoms with E-state index in [4.69, 9.17) is 4.74 Å². The average Bonchev–Trinajstić information content (AvgIpc) is 3.10. The number of nitrogens with one attached hydrogen (secondary N) is 1. The van der Waals surface area contributed by atoms with E-state index in [2.05, 4.69) is 5.32 Å². The van der Waals surface area contributed by atoms with Crippen LogP contribution >= 0.6 is 0 Å². The maximum absolute atomic E-state index is 10.8. The summed E-state index contributed by atoms with van der Waals surface area (Å²) < 4.78 is 5.78. The standard InChI is InChI=1S/C14H18N2O3/c1-9-8-11(4-5-13(9)16(17)18)15-12-6-7-19-14(12)10-2-3-10/h4-5,8,10,12,14-15H,2-3,6-7H2,1H3. The van der Waals surface area contributed by atoms with E-state index >= 15 is 0 Å². The summed E-state index contributed by atoms with van der Waals surface area (Å²) in [6.07, 6.45) is 3.86. The summed E-state index contributed by atoms with van der Waals surface area (Å²) in [5, 5.41) is 14.3. The number of rotatable bonds is 4. The number of nitrogens with zero attached hydrogens (tertiary/aromatic N) is 1. The van der Waals surface area contributed by atoms with Crippen LogP contribution in [-0.2, 0) is 4.74 Å². The highest BCUT2D eigenvalue weighted by Crippen LogP contribution is 2.39. The summed E-state index contributed by atoms with van der Waals surface area (Å²) in [6, 6.07) is 5.54. The molecule has 1 aromatic rings. The summed E-state index contributed by atoms with van der Waals surface area (Å²) in [4.78, 5) is 10.4. The highest BCUT2D eigenvalue weighted by molar-refractivity contribution is 5.54. The molecule has 2 fully saturated rings. The number of aryl methyl sites for hydroxylation is 1. The van der Waals surface area contributed by atoms with Gasteiger partial charge in [0, 0.05) is 23.9 Å². The van der Waals surface area contributed by atoms with Gasteiger partial charge >= 0.3 is 0 Å². The zero-order valence-corrected chi connectivity index (χ0v) is 11.0. The van der Waals surface area contributed by atoms with Gasteiger partial charge in [-0.15, -0.1) is 0 Å². The van der Waals surface area contributed by atoms with E-state index in [1.165, 1.54) is 12.8 Å². The zero-order valence-electron chi connectivity index (χ0n) is 11.0. The number of nitro benzene ring substituents is 1. The quantitative estimate of drug-likeness (QED) is 0.669. The van der Waals surface area contributed by atoms with E-state index in [1.807, 2.05) is 6.07 Å². The topological polar surface area (TPSA) is 64.4 Å². The van der Waals surface area contributed by atoms with E-state index in [0.29, 0.717) is 23.6 Å². The van der Waals surface area contributed by atoms with Crippen molar-refractivity contribution < 1.29 is 9.66 Å². The third kappa shape index (κ3) is 2.56. The van der Waals surface area contributed by atoms with Gasteiger partial charge in [-0.05, 0) is 44.2 Å². The molecule has 1 heterocycles. The molecule has 1 N–H and O–H groups in total. The fourth-order valence-corrected chi connectivity index (χ4v) is 2.82. The van der Waals surface area contributed by atoms with E-state index in [1.54, 1.807) is 19.1 Å². The van der Waals surface area contributed by atoms with Gasteiger partial charge in [0.2, 0.25) is 0 Å². The average molecular weight is 262 g/mol. The van der Waals surface area contributed by atoms with Crippen molar-refractivity contribution in [2.45, 2.75) is 38.3 Å². The Bertz CT molecular complexity index is 499. The molecule has 1 saturated carbocycles. The zero-order chi connectivity index (χ0) is 13.4. The summed E-state index contributed by atoms with van der Waals surface area (Å²) in [5.41, 5.74) is 1.81. The molecule has 3 rings (SSSR count). The van der Waals surface area contributed by atoms with Crippen LogP contribution < -0.4 is 5.32 Å². The van der Waals surface area contributed by atoms with Crippen LogP contribution in [0.3, 0.4) is 0 Å². The van der Waals surface area contributed by atoms with Gasteiger partial charge in [-0.3, -0.25) is 10.1 Å². The number of hydrogen-bond acceptors (Lipinski definition) is 4. The molecule has 19 heavy (non-hydrogen) atoms. The lowest BCUT2D eigenvalue weighted by Gasteiger charge is -2.20. The molecular formula is C14H18N2O3. The van der Waals surface area contributed by atoms with Gasteiger partial charge in [0.1, 0.15) is 0 Å². The second kappa shape index (κ2) is 4.81. The van der Waals surface area contributed by atoms with Crippen molar-refractivity contribution in [2.24, 2.45) is 5.92 Å². The third-order valence-corrected chi connectivity index (χ3v) is 3.97. The van der Waals surface area contributed by atoms with Crippen LogP contribution in [0.4, 0.5) is 11.4 Å².